The van der Waals surface area contributed by atoms with Gasteiger partial charge in [0.1, 0.15) is 12.1 Å². The number of aromatic amines is 1. The summed E-state index contributed by atoms with van der Waals surface area (Å²) in [6.07, 6.45) is 6.41. The first kappa shape index (κ1) is 28.5. The molecule has 3 amide bonds. The maximum Gasteiger partial charge on any atom is 0.326 e. The first-order valence-electron chi connectivity index (χ1n) is 11.2. The van der Waals surface area contributed by atoms with Crippen LogP contribution in [0.5, 0.6) is 0 Å². The summed E-state index contributed by atoms with van der Waals surface area (Å²) in [6.45, 7) is -0.349. The molecule has 0 radical (unpaired) electrons. The number of para-hydroxylation sites is 1. The SMILES string of the molecule is CSCCC(NC(=O)C(CCSC)NC(=O)CNC(=O)C(N)Cc1c[nH]c2ccccc12)C(=O)O. The number of hydrogen-bond acceptors (Lipinski definition) is 7. The molecule has 2 aromatic rings. The number of carboxylic acid groups (broad SMARTS) is 1. The summed E-state index contributed by atoms with van der Waals surface area (Å²) in [5.41, 5.74) is 7.89. The highest BCUT2D eigenvalue weighted by atomic mass is 32.2. The minimum Gasteiger partial charge on any atom is -0.480 e. The van der Waals surface area contributed by atoms with Gasteiger partial charge in [-0.25, -0.2) is 4.79 Å². The van der Waals surface area contributed by atoms with Crippen molar-refractivity contribution in [2.75, 3.05) is 30.6 Å². The van der Waals surface area contributed by atoms with Gasteiger partial charge in [0.05, 0.1) is 12.6 Å². The molecule has 1 aromatic heterocycles. The van der Waals surface area contributed by atoms with E-state index in [4.69, 9.17) is 5.73 Å². The number of carbonyl (C=O) groups is 4. The van der Waals surface area contributed by atoms with Gasteiger partial charge >= 0.3 is 5.97 Å². The van der Waals surface area contributed by atoms with Crippen LogP contribution in [0.25, 0.3) is 10.9 Å². The molecule has 2 rings (SSSR count). The van der Waals surface area contributed by atoms with Gasteiger partial charge in [-0.3, -0.25) is 14.4 Å². The van der Waals surface area contributed by atoms with E-state index in [2.05, 4.69) is 20.9 Å². The van der Waals surface area contributed by atoms with Crippen molar-refractivity contribution in [1.82, 2.24) is 20.9 Å². The topological polar surface area (TPSA) is 166 Å². The zero-order valence-electron chi connectivity index (χ0n) is 19.8. The average Bonchev–Trinajstić information content (AvgIpc) is 3.25. The van der Waals surface area contributed by atoms with Crippen LogP contribution in [0.3, 0.4) is 0 Å². The van der Waals surface area contributed by atoms with E-state index < -0.39 is 41.8 Å². The second-order valence-corrected chi connectivity index (χ2v) is 9.94. The summed E-state index contributed by atoms with van der Waals surface area (Å²) in [7, 11) is 0. The minimum absolute atomic E-state index is 0.274. The maximum atomic E-state index is 12.7. The van der Waals surface area contributed by atoms with Gasteiger partial charge in [-0.15, -0.1) is 0 Å². The van der Waals surface area contributed by atoms with E-state index in [1.165, 1.54) is 23.5 Å². The number of H-pyrrole nitrogens is 1. The van der Waals surface area contributed by atoms with Crippen LogP contribution < -0.4 is 21.7 Å². The predicted molar refractivity (Wildman–Crippen MR) is 140 cm³/mol. The third kappa shape index (κ3) is 9.11. The Balaban J connectivity index is 1.89. The second kappa shape index (κ2) is 14.6. The Morgan fingerprint density at radius 1 is 1.00 bits per heavy atom. The number of benzene rings is 1. The highest BCUT2D eigenvalue weighted by Gasteiger charge is 2.26. The summed E-state index contributed by atoms with van der Waals surface area (Å²) >= 11 is 2.98. The van der Waals surface area contributed by atoms with Crippen LogP contribution >= 0.6 is 23.5 Å². The van der Waals surface area contributed by atoms with Gasteiger partial charge in [0.2, 0.25) is 17.7 Å². The van der Waals surface area contributed by atoms with Gasteiger partial charge in [-0.2, -0.15) is 23.5 Å². The van der Waals surface area contributed by atoms with Crippen LogP contribution in [0.4, 0.5) is 0 Å². The van der Waals surface area contributed by atoms with Crippen molar-refractivity contribution < 1.29 is 24.3 Å². The van der Waals surface area contributed by atoms with Crippen molar-refractivity contribution >= 4 is 58.1 Å². The number of aliphatic carboxylic acids is 1. The van der Waals surface area contributed by atoms with Crippen LogP contribution in [0, 0.1) is 0 Å². The van der Waals surface area contributed by atoms with Gasteiger partial charge < -0.3 is 31.8 Å². The molecule has 192 valence electrons. The van der Waals surface area contributed by atoms with Crippen LogP contribution in [0.1, 0.15) is 18.4 Å². The third-order valence-electron chi connectivity index (χ3n) is 5.36. The summed E-state index contributed by atoms with van der Waals surface area (Å²) < 4.78 is 0. The number of nitrogens with two attached hydrogens (primary N) is 1. The van der Waals surface area contributed by atoms with Crippen LogP contribution in [-0.4, -0.2) is 82.5 Å². The lowest BCUT2D eigenvalue weighted by Crippen LogP contribution is -2.54. The second-order valence-electron chi connectivity index (χ2n) is 7.97. The van der Waals surface area contributed by atoms with E-state index >= 15 is 0 Å². The highest BCUT2D eigenvalue weighted by Crippen LogP contribution is 2.18. The number of nitrogens with one attached hydrogen (secondary N) is 4. The number of carboxylic acids is 1. The Bertz CT molecular complexity index is 1020. The molecule has 0 bridgehead atoms. The van der Waals surface area contributed by atoms with Crippen LogP contribution in [-0.2, 0) is 25.6 Å². The van der Waals surface area contributed by atoms with Gasteiger partial charge in [0, 0.05) is 17.1 Å². The van der Waals surface area contributed by atoms with Crippen molar-refractivity contribution in [2.24, 2.45) is 5.73 Å². The number of amides is 3. The molecule has 7 N–H and O–H groups in total. The Morgan fingerprint density at radius 2 is 1.66 bits per heavy atom. The van der Waals surface area contributed by atoms with Gasteiger partial charge in [0.25, 0.3) is 0 Å². The fourth-order valence-electron chi connectivity index (χ4n) is 3.44. The quantitative estimate of drug-likeness (QED) is 0.199. The monoisotopic (exact) mass is 523 g/mol. The van der Waals surface area contributed by atoms with E-state index in [1.807, 2.05) is 43.0 Å². The molecular weight excluding hydrogens is 490 g/mol. The van der Waals surface area contributed by atoms with Crippen molar-refractivity contribution in [3.05, 3.63) is 36.0 Å². The largest absolute Gasteiger partial charge is 0.480 e. The molecule has 3 unspecified atom stereocenters. The lowest BCUT2D eigenvalue weighted by Gasteiger charge is -2.21. The fraction of sp³-hybridized carbons (Fsp3) is 0.478. The third-order valence-corrected chi connectivity index (χ3v) is 6.65. The normalized spacial score (nSPS) is 13.6. The van der Waals surface area contributed by atoms with E-state index in [9.17, 15) is 24.3 Å². The van der Waals surface area contributed by atoms with Crippen LogP contribution in [0.15, 0.2) is 30.5 Å². The maximum absolute atomic E-state index is 12.7. The Hall–Kier alpha value is -2.70. The molecule has 1 aromatic carbocycles. The molecule has 0 aliphatic carbocycles. The van der Waals surface area contributed by atoms with Gasteiger partial charge in [-0.05, 0) is 54.9 Å². The van der Waals surface area contributed by atoms with E-state index in [1.54, 1.807) is 0 Å². The van der Waals surface area contributed by atoms with E-state index in [0.717, 1.165) is 16.5 Å². The number of rotatable bonds is 15. The predicted octanol–water partition coefficient (Wildman–Crippen LogP) is 0.714. The van der Waals surface area contributed by atoms with E-state index in [-0.39, 0.29) is 13.0 Å². The number of fused-ring (bicyclic) bond motifs is 1. The summed E-state index contributed by atoms with van der Waals surface area (Å²) in [6, 6.07) is 4.88. The molecule has 0 saturated heterocycles. The standard InChI is InChI=1S/C23H33N5O5S2/c1-34-9-7-18(22(31)28-19(23(32)33)8-10-35-2)27-20(29)13-26-21(30)16(24)11-14-12-25-17-6-4-3-5-15(14)17/h3-6,12,16,18-19,25H,7-11,13,24H2,1-2H3,(H,26,30)(H,27,29)(H,28,31)(H,32,33). The smallest absolute Gasteiger partial charge is 0.326 e. The molecule has 0 saturated carbocycles. The molecule has 0 aliphatic heterocycles. The molecule has 0 spiro atoms. The lowest BCUT2D eigenvalue weighted by molar-refractivity contribution is -0.142. The summed E-state index contributed by atoms with van der Waals surface area (Å²) in [5.74, 6) is -1.58. The number of thioether (sulfide) groups is 2. The highest BCUT2D eigenvalue weighted by molar-refractivity contribution is 7.98. The van der Waals surface area contributed by atoms with Crippen molar-refractivity contribution in [2.45, 2.75) is 37.4 Å². The zero-order chi connectivity index (χ0) is 25.8. The number of aromatic nitrogens is 1. The molecule has 10 nitrogen and oxygen atoms in total. The first-order chi connectivity index (χ1) is 16.8. The summed E-state index contributed by atoms with van der Waals surface area (Å²) in [5, 5.41) is 17.9. The summed E-state index contributed by atoms with van der Waals surface area (Å²) in [4.78, 5) is 52.2. The number of hydrogen-bond donors (Lipinski definition) is 6. The Kier molecular flexibility index (Phi) is 11.9. The zero-order valence-corrected chi connectivity index (χ0v) is 21.5. The van der Waals surface area contributed by atoms with Gasteiger partial charge in [-0.1, -0.05) is 18.2 Å². The molecule has 0 fully saturated rings. The molecule has 1 heterocycles. The molecule has 35 heavy (non-hydrogen) atoms. The molecule has 0 aliphatic rings. The first-order valence-corrected chi connectivity index (χ1v) is 13.9. The fourth-order valence-corrected chi connectivity index (χ4v) is 4.39. The average molecular weight is 524 g/mol. The van der Waals surface area contributed by atoms with Crippen LogP contribution in [0.2, 0.25) is 0 Å². The number of carbonyl (C=O) groups excluding carboxylic acids is 3. The van der Waals surface area contributed by atoms with Crippen molar-refractivity contribution in [3.8, 4) is 0 Å². The van der Waals surface area contributed by atoms with E-state index in [0.29, 0.717) is 24.3 Å². The Morgan fingerprint density at radius 3 is 2.31 bits per heavy atom. The molecule has 12 heteroatoms. The Labute approximate surface area is 212 Å². The van der Waals surface area contributed by atoms with Crippen molar-refractivity contribution in [1.29, 1.82) is 0 Å². The van der Waals surface area contributed by atoms with Gasteiger partial charge in [0.15, 0.2) is 0 Å². The molecular formula is C23H33N5O5S2. The van der Waals surface area contributed by atoms with Crippen molar-refractivity contribution in [3.63, 3.8) is 0 Å². The molecule has 3 atom stereocenters. The minimum atomic E-state index is -1.13. The lowest BCUT2D eigenvalue weighted by atomic mass is 10.1.